The molecule has 0 aromatic carbocycles. The van der Waals surface area contributed by atoms with E-state index in [4.69, 9.17) is 4.74 Å². The second-order valence-corrected chi connectivity index (χ2v) is 9.59. The third-order valence-corrected chi connectivity index (χ3v) is 7.47. The first-order valence-electron chi connectivity index (χ1n) is 9.60. The van der Waals surface area contributed by atoms with Crippen LogP contribution in [0.15, 0.2) is 23.8 Å². The number of Topliss-reactive ketones (excluding diaryl/α,β-unsaturated/α-hetero) is 1. The van der Waals surface area contributed by atoms with E-state index in [9.17, 15) is 9.59 Å². The Labute approximate surface area is 151 Å². The fraction of sp³-hybridized carbons (Fsp3) is 0.727. The molecule has 0 amide bonds. The summed E-state index contributed by atoms with van der Waals surface area (Å²) in [7, 11) is 0. The van der Waals surface area contributed by atoms with Gasteiger partial charge in [-0.1, -0.05) is 45.8 Å². The summed E-state index contributed by atoms with van der Waals surface area (Å²) >= 11 is 0. The molecule has 25 heavy (non-hydrogen) atoms. The number of rotatable bonds is 2. The maximum atomic E-state index is 13.0. The number of carbonyl (C=O) groups is 2. The quantitative estimate of drug-likeness (QED) is 0.522. The lowest BCUT2D eigenvalue weighted by atomic mass is 9.47. The van der Waals surface area contributed by atoms with Crippen molar-refractivity contribution >= 4 is 11.8 Å². The number of fused-ring (bicyclic) bond motifs is 2. The van der Waals surface area contributed by atoms with Crippen LogP contribution in [-0.2, 0) is 14.3 Å². The number of ether oxygens (including phenoxy) is 1. The third-order valence-electron chi connectivity index (χ3n) is 7.47. The topological polar surface area (TPSA) is 43.4 Å². The molecule has 0 saturated heterocycles. The molecule has 0 aliphatic heterocycles. The summed E-state index contributed by atoms with van der Waals surface area (Å²) in [6, 6.07) is 0. The number of carbonyl (C=O) groups excluding carboxylic acids is 2. The van der Waals surface area contributed by atoms with Gasteiger partial charge in [0.2, 0.25) is 0 Å². The van der Waals surface area contributed by atoms with Crippen LogP contribution in [0.5, 0.6) is 0 Å². The molecule has 3 heteroatoms. The first kappa shape index (κ1) is 18.4. The first-order valence-corrected chi connectivity index (χ1v) is 9.60. The van der Waals surface area contributed by atoms with E-state index in [2.05, 4.69) is 34.3 Å². The molecule has 0 bridgehead atoms. The van der Waals surface area contributed by atoms with Gasteiger partial charge in [0, 0.05) is 25.2 Å². The second kappa shape index (κ2) is 5.82. The van der Waals surface area contributed by atoms with Gasteiger partial charge in [-0.2, -0.15) is 0 Å². The smallest absolute Gasteiger partial charge is 0.302 e. The lowest BCUT2D eigenvalue weighted by molar-refractivity contribution is -0.152. The molecular formula is C22H32O3. The molecule has 3 rings (SSSR count). The first-order chi connectivity index (χ1) is 11.5. The van der Waals surface area contributed by atoms with Gasteiger partial charge in [-0.05, 0) is 41.6 Å². The predicted octanol–water partition coefficient (Wildman–Crippen LogP) is 5.01. The van der Waals surface area contributed by atoms with Crippen molar-refractivity contribution in [2.45, 2.75) is 79.2 Å². The van der Waals surface area contributed by atoms with Gasteiger partial charge in [0.25, 0.3) is 0 Å². The molecule has 3 aliphatic carbocycles. The Balaban J connectivity index is 2.08. The van der Waals surface area contributed by atoms with Crippen molar-refractivity contribution in [3.05, 3.63) is 23.8 Å². The van der Waals surface area contributed by atoms with E-state index in [1.807, 2.05) is 6.08 Å². The van der Waals surface area contributed by atoms with Crippen molar-refractivity contribution in [2.24, 2.45) is 22.2 Å². The summed E-state index contributed by atoms with van der Waals surface area (Å²) in [5.74, 6) is 0.433. The molecule has 0 aromatic heterocycles. The van der Waals surface area contributed by atoms with E-state index in [1.165, 1.54) is 25.3 Å². The van der Waals surface area contributed by atoms with E-state index in [1.54, 1.807) is 0 Å². The summed E-state index contributed by atoms with van der Waals surface area (Å²) < 4.78 is 5.70. The van der Waals surface area contributed by atoms with Crippen molar-refractivity contribution in [3.63, 3.8) is 0 Å². The standard InChI is InChI=1S/C22H32O3/c1-7-21(5)13-15-16(11-19(21)25-14(2)23)22(6)10-8-9-20(3,4)18(22)12-17(15)24/h7,18-19H,1,8-13H2,2-6H3. The second-order valence-electron chi connectivity index (χ2n) is 9.59. The Hall–Kier alpha value is -1.38. The van der Waals surface area contributed by atoms with Crippen molar-refractivity contribution in [1.82, 2.24) is 0 Å². The van der Waals surface area contributed by atoms with Crippen LogP contribution in [0.4, 0.5) is 0 Å². The number of ketones is 1. The minimum absolute atomic E-state index is 0.0475. The Kier molecular flexibility index (Phi) is 4.29. The zero-order valence-electron chi connectivity index (χ0n) is 16.4. The molecule has 0 spiro atoms. The van der Waals surface area contributed by atoms with Crippen LogP contribution in [0.25, 0.3) is 0 Å². The number of esters is 1. The van der Waals surface area contributed by atoms with E-state index < -0.39 is 0 Å². The van der Waals surface area contributed by atoms with Gasteiger partial charge < -0.3 is 4.74 Å². The summed E-state index contributed by atoms with van der Waals surface area (Å²) in [4.78, 5) is 24.7. The van der Waals surface area contributed by atoms with Crippen molar-refractivity contribution in [1.29, 1.82) is 0 Å². The maximum Gasteiger partial charge on any atom is 0.302 e. The van der Waals surface area contributed by atoms with Crippen molar-refractivity contribution in [3.8, 4) is 0 Å². The van der Waals surface area contributed by atoms with Gasteiger partial charge in [-0.15, -0.1) is 6.58 Å². The van der Waals surface area contributed by atoms with Crippen LogP contribution < -0.4 is 0 Å². The van der Waals surface area contributed by atoms with E-state index in [0.29, 0.717) is 31.0 Å². The Morgan fingerprint density at radius 1 is 1.20 bits per heavy atom. The van der Waals surface area contributed by atoms with Crippen LogP contribution in [0.3, 0.4) is 0 Å². The molecule has 0 heterocycles. The van der Waals surface area contributed by atoms with Gasteiger partial charge in [0.05, 0.1) is 0 Å². The summed E-state index contributed by atoms with van der Waals surface area (Å²) in [5.41, 5.74) is 2.13. The highest BCUT2D eigenvalue weighted by molar-refractivity contribution is 5.98. The third kappa shape index (κ3) is 2.80. The summed E-state index contributed by atoms with van der Waals surface area (Å²) in [6.45, 7) is 14.5. The molecule has 4 unspecified atom stereocenters. The van der Waals surface area contributed by atoms with Crippen LogP contribution in [-0.4, -0.2) is 17.9 Å². The van der Waals surface area contributed by atoms with Crippen molar-refractivity contribution < 1.29 is 14.3 Å². The molecule has 0 N–H and O–H groups in total. The summed E-state index contributed by atoms with van der Waals surface area (Å²) in [6.07, 6.45) is 7.13. The summed E-state index contributed by atoms with van der Waals surface area (Å²) in [5, 5.41) is 0. The van der Waals surface area contributed by atoms with E-state index in [-0.39, 0.29) is 28.3 Å². The van der Waals surface area contributed by atoms with Gasteiger partial charge in [0.15, 0.2) is 5.78 Å². The van der Waals surface area contributed by atoms with Crippen molar-refractivity contribution in [2.75, 3.05) is 0 Å². The van der Waals surface area contributed by atoms with Crippen LogP contribution >= 0.6 is 0 Å². The highest BCUT2D eigenvalue weighted by Crippen LogP contribution is 2.62. The number of allylic oxidation sites excluding steroid dienone is 1. The van der Waals surface area contributed by atoms with E-state index in [0.717, 1.165) is 12.0 Å². The predicted molar refractivity (Wildman–Crippen MR) is 99.0 cm³/mol. The number of hydrogen-bond donors (Lipinski definition) is 0. The molecule has 1 fully saturated rings. The minimum Gasteiger partial charge on any atom is -0.461 e. The SMILES string of the molecule is C=CC1(C)CC2=C(CC1OC(C)=O)C1(C)CCCC(C)(C)C1CC2=O. The Bertz CT molecular complexity index is 656. The normalized spacial score (nSPS) is 40.1. The van der Waals surface area contributed by atoms with Gasteiger partial charge >= 0.3 is 5.97 Å². The molecule has 4 atom stereocenters. The monoisotopic (exact) mass is 344 g/mol. The molecule has 3 nitrogen and oxygen atoms in total. The van der Waals surface area contributed by atoms with Gasteiger partial charge in [0.1, 0.15) is 6.10 Å². The maximum absolute atomic E-state index is 13.0. The van der Waals surface area contributed by atoms with Crippen LogP contribution in [0, 0.1) is 22.2 Å². The molecule has 0 aromatic rings. The molecule has 0 radical (unpaired) electrons. The highest BCUT2D eigenvalue weighted by Gasteiger charge is 2.56. The molecule has 138 valence electrons. The lowest BCUT2D eigenvalue weighted by Gasteiger charge is -2.57. The Morgan fingerprint density at radius 3 is 2.48 bits per heavy atom. The zero-order chi connectivity index (χ0) is 18.6. The fourth-order valence-corrected chi connectivity index (χ4v) is 5.86. The molecular weight excluding hydrogens is 312 g/mol. The highest BCUT2D eigenvalue weighted by atomic mass is 16.5. The molecule has 3 aliphatic rings. The van der Waals surface area contributed by atoms with Crippen LogP contribution in [0.1, 0.15) is 73.1 Å². The molecule has 1 saturated carbocycles. The largest absolute Gasteiger partial charge is 0.461 e. The minimum atomic E-state index is -0.368. The fourth-order valence-electron chi connectivity index (χ4n) is 5.86. The van der Waals surface area contributed by atoms with Gasteiger partial charge in [-0.3, -0.25) is 9.59 Å². The average Bonchev–Trinajstić information content (AvgIpc) is 2.51. The number of hydrogen-bond acceptors (Lipinski definition) is 3. The lowest BCUT2D eigenvalue weighted by Crippen LogP contribution is -2.51. The van der Waals surface area contributed by atoms with E-state index >= 15 is 0 Å². The van der Waals surface area contributed by atoms with Crippen LogP contribution in [0.2, 0.25) is 0 Å². The zero-order valence-corrected chi connectivity index (χ0v) is 16.4. The van der Waals surface area contributed by atoms with Gasteiger partial charge in [-0.25, -0.2) is 0 Å². The average molecular weight is 344 g/mol. The Morgan fingerprint density at radius 2 is 1.88 bits per heavy atom.